The third-order valence-electron chi connectivity index (χ3n) is 2.97. The third-order valence-corrected chi connectivity index (χ3v) is 2.97. The summed E-state index contributed by atoms with van der Waals surface area (Å²) in [5, 5.41) is 13.7. The van der Waals surface area contributed by atoms with E-state index in [1.54, 1.807) is 24.3 Å². The van der Waals surface area contributed by atoms with E-state index in [0.29, 0.717) is 23.5 Å². The summed E-state index contributed by atoms with van der Waals surface area (Å²) in [5.41, 5.74) is 7.15. The van der Waals surface area contributed by atoms with Crippen molar-refractivity contribution in [3.8, 4) is 17.2 Å². The lowest BCUT2D eigenvalue weighted by Crippen LogP contribution is -1.91. The lowest BCUT2D eigenvalue weighted by molar-refractivity contribution is 0.418. The van der Waals surface area contributed by atoms with Gasteiger partial charge in [0.05, 0.1) is 5.56 Å². The summed E-state index contributed by atoms with van der Waals surface area (Å²) < 4.78 is 18.2. The van der Waals surface area contributed by atoms with Gasteiger partial charge in [-0.3, -0.25) is 0 Å². The Balaban J connectivity index is 1.86. The number of nitrogens with two attached hydrogens (primary N) is 1. The predicted octanol–water partition coefficient (Wildman–Crippen LogP) is 2.75. The number of rotatable bonds is 3. The molecular weight excluding hydrogens is 273 g/mol. The van der Waals surface area contributed by atoms with Crippen molar-refractivity contribution >= 4 is 5.69 Å². The molecule has 0 saturated carbocycles. The smallest absolute Gasteiger partial charge is 0.261 e. The first-order chi connectivity index (χ1) is 10.1. The summed E-state index contributed by atoms with van der Waals surface area (Å²) in [6.45, 7) is 0. The van der Waals surface area contributed by atoms with Crippen LogP contribution < -0.4 is 5.73 Å². The van der Waals surface area contributed by atoms with Crippen LogP contribution in [0.2, 0.25) is 0 Å². The zero-order valence-electron chi connectivity index (χ0n) is 11.0. The summed E-state index contributed by atoms with van der Waals surface area (Å²) >= 11 is 0. The topological polar surface area (TPSA) is 85.2 Å². The van der Waals surface area contributed by atoms with Crippen molar-refractivity contribution in [2.45, 2.75) is 6.42 Å². The fraction of sp³-hybridized carbons (Fsp3) is 0.0667. The highest BCUT2D eigenvalue weighted by Gasteiger charge is 2.13. The van der Waals surface area contributed by atoms with Crippen molar-refractivity contribution in [3.05, 3.63) is 59.7 Å². The highest BCUT2D eigenvalue weighted by molar-refractivity contribution is 5.66. The molecule has 0 amide bonds. The molecule has 0 bridgehead atoms. The van der Waals surface area contributed by atoms with Crippen LogP contribution in [0, 0.1) is 5.82 Å². The molecule has 1 heterocycles. The van der Waals surface area contributed by atoms with Crippen LogP contribution in [-0.2, 0) is 6.42 Å². The Morgan fingerprint density at radius 3 is 2.81 bits per heavy atom. The van der Waals surface area contributed by atoms with Gasteiger partial charge in [-0.15, -0.1) is 0 Å². The Morgan fingerprint density at radius 1 is 1.19 bits per heavy atom. The van der Waals surface area contributed by atoms with Crippen LogP contribution >= 0.6 is 0 Å². The van der Waals surface area contributed by atoms with Gasteiger partial charge in [-0.2, -0.15) is 4.98 Å². The van der Waals surface area contributed by atoms with E-state index in [1.165, 1.54) is 18.2 Å². The van der Waals surface area contributed by atoms with Gasteiger partial charge >= 0.3 is 0 Å². The van der Waals surface area contributed by atoms with Gasteiger partial charge in [-0.25, -0.2) is 4.39 Å². The largest absolute Gasteiger partial charge is 0.507 e. The molecule has 0 saturated heterocycles. The summed E-state index contributed by atoms with van der Waals surface area (Å²) in [7, 11) is 0. The molecule has 0 aliphatic rings. The SMILES string of the molecule is Nc1ccc(-c2nc(Cc3cccc(F)c3)no2)c(O)c1. The minimum absolute atomic E-state index is 0.0315. The number of benzene rings is 2. The molecule has 5 nitrogen and oxygen atoms in total. The monoisotopic (exact) mass is 285 g/mol. The minimum Gasteiger partial charge on any atom is -0.507 e. The number of aromatic hydroxyl groups is 1. The Labute approximate surface area is 119 Å². The fourth-order valence-electron chi connectivity index (χ4n) is 1.99. The lowest BCUT2D eigenvalue weighted by Gasteiger charge is -1.99. The first-order valence-electron chi connectivity index (χ1n) is 6.28. The molecule has 0 aliphatic heterocycles. The average molecular weight is 285 g/mol. The molecule has 0 spiro atoms. The number of halogens is 1. The van der Waals surface area contributed by atoms with Crippen LogP contribution in [0.25, 0.3) is 11.5 Å². The van der Waals surface area contributed by atoms with Gasteiger partial charge in [-0.1, -0.05) is 17.3 Å². The standard InChI is InChI=1S/C15H12FN3O2/c16-10-3-1-2-9(6-10)7-14-18-15(21-19-14)12-5-4-11(17)8-13(12)20/h1-6,8,20H,7,17H2. The van der Waals surface area contributed by atoms with E-state index in [0.717, 1.165) is 5.56 Å². The molecule has 0 radical (unpaired) electrons. The van der Waals surface area contributed by atoms with E-state index in [4.69, 9.17) is 10.3 Å². The Bertz CT molecular complexity index is 786. The second kappa shape index (κ2) is 5.24. The molecule has 0 aliphatic carbocycles. The normalized spacial score (nSPS) is 10.7. The molecule has 0 atom stereocenters. The van der Waals surface area contributed by atoms with Gasteiger partial charge in [-0.05, 0) is 29.8 Å². The highest BCUT2D eigenvalue weighted by Crippen LogP contribution is 2.29. The van der Waals surface area contributed by atoms with Crippen LogP contribution in [0.1, 0.15) is 11.4 Å². The average Bonchev–Trinajstić information content (AvgIpc) is 2.87. The van der Waals surface area contributed by atoms with E-state index in [-0.39, 0.29) is 17.5 Å². The van der Waals surface area contributed by atoms with E-state index >= 15 is 0 Å². The quantitative estimate of drug-likeness (QED) is 0.723. The second-order valence-electron chi connectivity index (χ2n) is 4.60. The van der Waals surface area contributed by atoms with Gasteiger partial charge in [0.15, 0.2) is 5.82 Å². The minimum atomic E-state index is -0.313. The Kier molecular flexibility index (Phi) is 3.27. The van der Waals surface area contributed by atoms with Crippen LogP contribution in [-0.4, -0.2) is 15.2 Å². The number of hydrogen-bond donors (Lipinski definition) is 2. The Hall–Kier alpha value is -2.89. The summed E-state index contributed by atoms with van der Waals surface area (Å²) in [6, 6.07) is 10.8. The molecule has 6 heteroatoms. The van der Waals surface area contributed by atoms with Gasteiger partial charge in [0.25, 0.3) is 5.89 Å². The molecule has 3 N–H and O–H groups in total. The molecular formula is C15H12FN3O2. The third kappa shape index (κ3) is 2.84. The molecule has 2 aromatic carbocycles. The van der Waals surface area contributed by atoms with E-state index < -0.39 is 0 Å². The number of hydrogen-bond acceptors (Lipinski definition) is 5. The molecule has 21 heavy (non-hydrogen) atoms. The molecule has 3 aromatic rings. The molecule has 3 rings (SSSR count). The van der Waals surface area contributed by atoms with E-state index in [9.17, 15) is 9.50 Å². The maximum absolute atomic E-state index is 13.1. The van der Waals surface area contributed by atoms with Crippen LogP contribution in [0.3, 0.4) is 0 Å². The van der Waals surface area contributed by atoms with Gasteiger partial charge in [0.1, 0.15) is 11.6 Å². The first-order valence-corrected chi connectivity index (χ1v) is 6.28. The van der Waals surface area contributed by atoms with Crippen molar-refractivity contribution in [1.29, 1.82) is 0 Å². The van der Waals surface area contributed by atoms with Gasteiger partial charge in [0, 0.05) is 18.2 Å². The molecule has 0 unspecified atom stereocenters. The van der Waals surface area contributed by atoms with Gasteiger partial charge < -0.3 is 15.4 Å². The number of nitrogens with zero attached hydrogens (tertiary/aromatic N) is 2. The predicted molar refractivity (Wildman–Crippen MR) is 75.0 cm³/mol. The number of anilines is 1. The van der Waals surface area contributed by atoms with Crippen molar-refractivity contribution in [1.82, 2.24) is 10.1 Å². The maximum Gasteiger partial charge on any atom is 0.261 e. The summed E-state index contributed by atoms with van der Waals surface area (Å²) in [6.07, 6.45) is 0.344. The van der Waals surface area contributed by atoms with E-state index in [2.05, 4.69) is 10.1 Å². The number of aromatic nitrogens is 2. The fourth-order valence-corrected chi connectivity index (χ4v) is 1.99. The zero-order valence-corrected chi connectivity index (χ0v) is 11.0. The second-order valence-corrected chi connectivity index (χ2v) is 4.60. The highest BCUT2D eigenvalue weighted by atomic mass is 19.1. The summed E-state index contributed by atoms with van der Waals surface area (Å²) in [5.74, 6) is 0.258. The summed E-state index contributed by atoms with van der Waals surface area (Å²) in [4.78, 5) is 4.19. The van der Waals surface area contributed by atoms with Crippen LogP contribution in [0.5, 0.6) is 5.75 Å². The lowest BCUT2D eigenvalue weighted by atomic mass is 10.1. The number of nitrogen functional groups attached to an aromatic ring is 1. The number of phenols is 1. The molecule has 0 fully saturated rings. The van der Waals surface area contributed by atoms with Crippen LogP contribution in [0.15, 0.2) is 47.0 Å². The molecule has 1 aromatic heterocycles. The number of phenolic OH excluding ortho intramolecular Hbond substituents is 1. The van der Waals surface area contributed by atoms with Crippen molar-refractivity contribution in [2.24, 2.45) is 0 Å². The molecule has 106 valence electrons. The zero-order chi connectivity index (χ0) is 14.8. The van der Waals surface area contributed by atoms with Crippen LogP contribution in [0.4, 0.5) is 10.1 Å². The van der Waals surface area contributed by atoms with Crippen molar-refractivity contribution in [2.75, 3.05) is 5.73 Å². The first kappa shape index (κ1) is 13.1. The van der Waals surface area contributed by atoms with E-state index in [1.807, 2.05) is 0 Å². The van der Waals surface area contributed by atoms with Gasteiger partial charge in [0.2, 0.25) is 0 Å². The van der Waals surface area contributed by atoms with Crippen molar-refractivity contribution in [3.63, 3.8) is 0 Å². The Morgan fingerprint density at radius 2 is 2.05 bits per heavy atom. The van der Waals surface area contributed by atoms with Crippen molar-refractivity contribution < 1.29 is 14.0 Å². The maximum atomic E-state index is 13.1.